The van der Waals surface area contributed by atoms with Gasteiger partial charge in [0.2, 0.25) is 0 Å². The smallest absolute Gasteiger partial charge is 0.0540 e. The lowest BCUT2D eigenvalue weighted by Gasteiger charge is -2.09. The van der Waals surface area contributed by atoms with Gasteiger partial charge in [-0.2, -0.15) is 0 Å². The third-order valence-electron chi connectivity index (χ3n) is 2.34. The fraction of sp³-hybridized carbons (Fsp3) is 1.00. The third kappa shape index (κ3) is 9.84. The molecule has 0 fully saturated rings. The predicted octanol–water partition coefficient (Wildman–Crippen LogP) is 2.48. The molecule has 0 aromatic rings. The molecule has 2 nitrogen and oxygen atoms in total. The monoisotopic (exact) mass is 188 g/mol. The predicted molar refractivity (Wildman–Crippen MR) is 55.7 cm³/mol. The van der Waals surface area contributed by atoms with E-state index in [1.54, 1.807) is 0 Å². The lowest BCUT2D eigenvalue weighted by Crippen LogP contribution is -2.05. The summed E-state index contributed by atoms with van der Waals surface area (Å²) in [4.78, 5) is 0. The highest BCUT2D eigenvalue weighted by Gasteiger charge is 2.02. The van der Waals surface area contributed by atoms with Crippen LogP contribution >= 0.6 is 0 Å². The maximum Gasteiger partial charge on any atom is 0.0540 e. The van der Waals surface area contributed by atoms with Crippen LogP contribution in [-0.2, 0) is 0 Å². The molecule has 0 radical (unpaired) electrons. The number of unbranched alkanes of at least 4 members (excludes halogenated alkanes) is 4. The van der Waals surface area contributed by atoms with Gasteiger partial charge in [-0.15, -0.1) is 0 Å². The number of rotatable bonds is 9. The Morgan fingerprint density at radius 1 is 0.923 bits per heavy atom. The number of hydrogen-bond acceptors (Lipinski definition) is 2. The zero-order valence-electron chi connectivity index (χ0n) is 8.84. The average molecular weight is 188 g/mol. The van der Waals surface area contributed by atoms with Crippen LogP contribution in [0.25, 0.3) is 0 Å². The lowest BCUT2D eigenvalue weighted by molar-refractivity contribution is 0.146. The van der Waals surface area contributed by atoms with Crippen molar-refractivity contribution in [2.75, 3.05) is 6.61 Å². The molecular formula is C11H24O2. The Kier molecular flexibility index (Phi) is 9.94. The van der Waals surface area contributed by atoms with Gasteiger partial charge in [0, 0.05) is 6.61 Å². The normalized spacial score (nSPS) is 13.2. The minimum absolute atomic E-state index is 0.106. The van der Waals surface area contributed by atoms with Gasteiger partial charge in [-0.1, -0.05) is 39.0 Å². The van der Waals surface area contributed by atoms with Crippen molar-refractivity contribution in [3.05, 3.63) is 0 Å². The van der Waals surface area contributed by atoms with Crippen LogP contribution in [-0.4, -0.2) is 22.9 Å². The summed E-state index contributed by atoms with van der Waals surface area (Å²) in [5.74, 6) is 0. The molecule has 0 saturated carbocycles. The van der Waals surface area contributed by atoms with Crippen molar-refractivity contribution in [1.29, 1.82) is 0 Å². The highest BCUT2D eigenvalue weighted by Crippen LogP contribution is 2.10. The minimum Gasteiger partial charge on any atom is -0.396 e. The first-order chi connectivity index (χ1) is 6.31. The van der Waals surface area contributed by atoms with Crippen LogP contribution < -0.4 is 0 Å². The molecule has 2 heteroatoms. The molecular weight excluding hydrogens is 164 g/mol. The first-order valence-electron chi connectivity index (χ1n) is 5.60. The molecule has 80 valence electrons. The summed E-state index contributed by atoms with van der Waals surface area (Å²) >= 11 is 0. The van der Waals surface area contributed by atoms with E-state index in [0.29, 0.717) is 0 Å². The van der Waals surface area contributed by atoms with Gasteiger partial charge < -0.3 is 10.2 Å². The Balaban J connectivity index is 3.05. The second-order valence-corrected chi connectivity index (χ2v) is 3.72. The second-order valence-electron chi connectivity index (χ2n) is 3.72. The summed E-state index contributed by atoms with van der Waals surface area (Å²) in [5.41, 5.74) is 0. The molecule has 0 aliphatic carbocycles. The van der Waals surface area contributed by atoms with E-state index in [9.17, 15) is 5.11 Å². The molecule has 0 spiro atoms. The standard InChI is InChI=1S/C11H24O2/c1-2-3-5-8-11(13)9-6-4-7-10-12/h11-13H,2-10H2,1H3. The van der Waals surface area contributed by atoms with Crippen molar-refractivity contribution in [2.24, 2.45) is 0 Å². The highest BCUT2D eigenvalue weighted by molar-refractivity contribution is 4.56. The van der Waals surface area contributed by atoms with E-state index in [4.69, 9.17) is 5.11 Å². The summed E-state index contributed by atoms with van der Waals surface area (Å²) in [6, 6.07) is 0. The van der Waals surface area contributed by atoms with Crippen LogP contribution in [0.1, 0.15) is 58.3 Å². The van der Waals surface area contributed by atoms with Gasteiger partial charge >= 0.3 is 0 Å². The van der Waals surface area contributed by atoms with E-state index in [1.807, 2.05) is 0 Å². The first-order valence-corrected chi connectivity index (χ1v) is 5.60. The van der Waals surface area contributed by atoms with Gasteiger partial charge in [-0.05, 0) is 19.3 Å². The van der Waals surface area contributed by atoms with E-state index >= 15 is 0 Å². The molecule has 1 unspecified atom stereocenters. The molecule has 0 rings (SSSR count). The maximum absolute atomic E-state index is 9.51. The summed E-state index contributed by atoms with van der Waals surface area (Å²) in [5, 5.41) is 18.1. The van der Waals surface area contributed by atoms with E-state index in [1.165, 1.54) is 12.8 Å². The van der Waals surface area contributed by atoms with Gasteiger partial charge in [0.05, 0.1) is 6.10 Å². The molecule has 0 bridgehead atoms. The molecule has 13 heavy (non-hydrogen) atoms. The maximum atomic E-state index is 9.51. The molecule has 2 N–H and O–H groups in total. The fourth-order valence-corrected chi connectivity index (χ4v) is 1.44. The van der Waals surface area contributed by atoms with Crippen LogP contribution in [0.5, 0.6) is 0 Å². The Morgan fingerprint density at radius 2 is 1.54 bits per heavy atom. The van der Waals surface area contributed by atoms with Crippen molar-refractivity contribution >= 4 is 0 Å². The topological polar surface area (TPSA) is 40.5 Å². The molecule has 0 heterocycles. The summed E-state index contributed by atoms with van der Waals surface area (Å²) < 4.78 is 0. The van der Waals surface area contributed by atoms with Crippen molar-refractivity contribution in [1.82, 2.24) is 0 Å². The molecule has 0 aliphatic heterocycles. The van der Waals surface area contributed by atoms with Crippen molar-refractivity contribution in [3.8, 4) is 0 Å². The van der Waals surface area contributed by atoms with Crippen LogP contribution in [0.3, 0.4) is 0 Å². The van der Waals surface area contributed by atoms with E-state index in [0.717, 1.165) is 38.5 Å². The molecule has 0 saturated heterocycles. The van der Waals surface area contributed by atoms with Crippen LogP contribution in [0.4, 0.5) is 0 Å². The third-order valence-corrected chi connectivity index (χ3v) is 2.34. The van der Waals surface area contributed by atoms with Crippen molar-refractivity contribution in [2.45, 2.75) is 64.4 Å². The molecule has 0 aromatic carbocycles. The Bertz CT molecular complexity index is 94.1. The minimum atomic E-state index is -0.106. The van der Waals surface area contributed by atoms with Gasteiger partial charge in [0.25, 0.3) is 0 Å². The van der Waals surface area contributed by atoms with Gasteiger partial charge in [0.15, 0.2) is 0 Å². The largest absolute Gasteiger partial charge is 0.396 e. The summed E-state index contributed by atoms with van der Waals surface area (Å²) in [6.45, 7) is 2.46. The number of aliphatic hydroxyl groups is 2. The highest BCUT2D eigenvalue weighted by atomic mass is 16.3. The summed E-state index contributed by atoms with van der Waals surface area (Å²) in [7, 11) is 0. The second kappa shape index (κ2) is 10.0. The quantitative estimate of drug-likeness (QED) is 0.546. The van der Waals surface area contributed by atoms with Crippen LogP contribution in [0.2, 0.25) is 0 Å². The van der Waals surface area contributed by atoms with Crippen LogP contribution in [0, 0.1) is 0 Å². The fourth-order valence-electron chi connectivity index (χ4n) is 1.44. The number of hydrogen-bond donors (Lipinski definition) is 2. The first kappa shape index (κ1) is 12.9. The zero-order chi connectivity index (χ0) is 9.94. The average Bonchev–Trinajstić information content (AvgIpc) is 2.13. The lowest BCUT2D eigenvalue weighted by atomic mass is 10.0. The SMILES string of the molecule is CCCCCC(O)CCCCCO. The van der Waals surface area contributed by atoms with Gasteiger partial charge in [-0.3, -0.25) is 0 Å². The zero-order valence-corrected chi connectivity index (χ0v) is 8.84. The Hall–Kier alpha value is -0.0800. The Morgan fingerprint density at radius 3 is 2.08 bits per heavy atom. The molecule has 0 aromatic heterocycles. The van der Waals surface area contributed by atoms with E-state index in [2.05, 4.69) is 6.92 Å². The van der Waals surface area contributed by atoms with Crippen molar-refractivity contribution in [3.63, 3.8) is 0 Å². The Labute approximate surface area is 82.0 Å². The number of aliphatic hydroxyl groups excluding tert-OH is 2. The van der Waals surface area contributed by atoms with E-state index < -0.39 is 0 Å². The van der Waals surface area contributed by atoms with E-state index in [-0.39, 0.29) is 12.7 Å². The van der Waals surface area contributed by atoms with Gasteiger partial charge in [-0.25, -0.2) is 0 Å². The van der Waals surface area contributed by atoms with Gasteiger partial charge in [0.1, 0.15) is 0 Å². The van der Waals surface area contributed by atoms with Crippen LogP contribution in [0.15, 0.2) is 0 Å². The van der Waals surface area contributed by atoms with Crippen molar-refractivity contribution < 1.29 is 10.2 Å². The molecule has 0 amide bonds. The molecule has 1 atom stereocenters. The summed E-state index contributed by atoms with van der Waals surface area (Å²) in [6.07, 6.45) is 8.32. The molecule has 0 aliphatic rings.